The number of halogens is 2. The molecule has 2 aromatic heterocycles. The average molecular weight is 573 g/mol. The maximum atomic E-state index is 14.6. The van der Waals surface area contributed by atoms with Crippen LogP contribution in [0.3, 0.4) is 0 Å². The number of benzene rings is 3. The van der Waals surface area contributed by atoms with Crippen LogP contribution in [-0.2, 0) is 13.1 Å². The van der Waals surface area contributed by atoms with E-state index in [4.69, 9.17) is 0 Å². The summed E-state index contributed by atoms with van der Waals surface area (Å²) < 4.78 is 33.3. The molecule has 2 heterocycles. The molecule has 5 rings (SSSR count). The summed E-state index contributed by atoms with van der Waals surface area (Å²) in [7, 11) is 0. The van der Waals surface area contributed by atoms with Crippen molar-refractivity contribution in [1.82, 2.24) is 9.13 Å². The molecule has 6 heteroatoms. The van der Waals surface area contributed by atoms with Gasteiger partial charge in [0.2, 0.25) is 0 Å². The first-order chi connectivity index (χ1) is 20.3. The van der Waals surface area contributed by atoms with Crippen molar-refractivity contribution in [1.29, 1.82) is 0 Å². The minimum absolute atomic E-state index is 0.184. The van der Waals surface area contributed by atoms with Crippen molar-refractivity contribution in [3.63, 3.8) is 0 Å². The van der Waals surface area contributed by atoms with Gasteiger partial charge in [-0.05, 0) is 73.2 Å². The molecule has 3 aromatic carbocycles. The quantitative estimate of drug-likeness (QED) is 0.140. The third kappa shape index (κ3) is 5.60. The summed E-state index contributed by atoms with van der Waals surface area (Å²) in [4.78, 5) is 27.9. The van der Waals surface area contributed by atoms with Crippen molar-refractivity contribution in [2.75, 3.05) is 0 Å². The van der Waals surface area contributed by atoms with E-state index in [1.165, 1.54) is 24.3 Å². The Bertz CT molecular complexity index is 1730. The Balaban J connectivity index is 1.88. The number of unbranched alkanes of at least 4 members (excludes halogenated alkanes) is 2. The summed E-state index contributed by atoms with van der Waals surface area (Å²) in [6, 6.07) is 12.3. The van der Waals surface area contributed by atoms with E-state index in [9.17, 15) is 18.4 Å². The highest BCUT2D eigenvalue weighted by atomic mass is 19.1. The van der Waals surface area contributed by atoms with E-state index in [0.29, 0.717) is 68.5 Å². The van der Waals surface area contributed by atoms with Gasteiger partial charge in [0, 0.05) is 34.6 Å². The maximum Gasteiger partial charge on any atom is 0.197 e. The van der Waals surface area contributed by atoms with E-state index in [-0.39, 0.29) is 10.9 Å². The van der Waals surface area contributed by atoms with Crippen molar-refractivity contribution in [3.8, 4) is 0 Å². The number of rotatable bonds is 12. The third-order valence-electron chi connectivity index (χ3n) is 9.14. The lowest BCUT2D eigenvalue weighted by Gasteiger charge is -2.23. The molecule has 0 aliphatic carbocycles. The van der Waals surface area contributed by atoms with Crippen LogP contribution >= 0.6 is 0 Å². The molecule has 0 saturated carbocycles. The number of fused-ring (bicyclic) bond motifs is 4. The van der Waals surface area contributed by atoms with E-state index >= 15 is 0 Å². The number of pyridine rings is 2. The van der Waals surface area contributed by atoms with Crippen LogP contribution in [0.1, 0.15) is 79.1 Å². The van der Waals surface area contributed by atoms with Gasteiger partial charge in [-0.15, -0.1) is 0 Å². The molecule has 0 fully saturated rings. The van der Waals surface area contributed by atoms with E-state index in [1.807, 2.05) is 21.3 Å². The zero-order chi connectivity index (χ0) is 30.0. The summed E-state index contributed by atoms with van der Waals surface area (Å²) in [5.41, 5.74) is 2.02. The summed E-state index contributed by atoms with van der Waals surface area (Å²) in [5, 5.41) is 1.92. The van der Waals surface area contributed by atoms with Gasteiger partial charge in [-0.25, -0.2) is 8.78 Å². The molecule has 0 amide bonds. The fourth-order valence-corrected chi connectivity index (χ4v) is 6.52. The van der Waals surface area contributed by atoms with Gasteiger partial charge in [-0.1, -0.05) is 66.2 Å². The van der Waals surface area contributed by atoms with Crippen LogP contribution in [0.4, 0.5) is 8.78 Å². The fourth-order valence-electron chi connectivity index (χ4n) is 6.52. The van der Waals surface area contributed by atoms with Gasteiger partial charge in [-0.3, -0.25) is 9.59 Å². The molecule has 0 radical (unpaired) electrons. The van der Waals surface area contributed by atoms with Crippen molar-refractivity contribution in [2.24, 2.45) is 11.8 Å². The smallest absolute Gasteiger partial charge is 0.197 e. The van der Waals surface area contributed by atoms with Crippen LogP contribution in [-0.4, -0.2) is 9.13 Å². The maximum absolute atomic E-state index is 14.6. The second-order valence-corrected chi connectivity index (χ2v) is 11.9. The molecule has 0 aliphatic heterocycles. The summed E-state index contributed by atoms with van der Waals surface area (Å²) in [6.07, 6.45) is 8.34. The van der Waals surface area contributed by atoms with Gasteiger partial charge < -0.3 is 9.13 Å². The Morgan fingerprint density at radius 2 is 0.952 bits per heavy atom. The standard InChI is InChI=1S/C36H42F2N2O2/c1-5-9-11-23(7-3)21-39-31-17-25(37)13-15-27(31)35(41)29-20-34-30(19-33(29)39)36(42)28-16-14-26(38)18-32(28)40(34)22-24(8-4)12-10-6-2/h13-20,23-24H,5-12,21-22H2,1-4H3. The number of hydrogen-bond donors (Lipinski definition) is 0. The zero-order valence-corrected chi connectivity index (χ0v) is 25.3. The van der Waals surface area contributed by atoms with Crippen LogP contribution in [0.25, 0.3) is 43.6 Å². The summed E-state index contributed by atoms with van der Waals surface area (Å²) in [5.74, 6) is -0.105. The van der Waals surface area contributed by atoms with Crippen LogP contribution in [0.5, 0.6) is 0 Å². The molecule has 0 saturated heterocycles. The molecule has 222 valence electrons. The Labute approximate surface area is 246 Å². The summed E-state index contributed by atoms with van der Waals surface area (Å²) in [6.45, 7) is 9.92. The normalized spacial score (nSPS) is 13.5. The fraction of sp³-hybridized carbons (Fsp3) is 0.444. The number of nitrogens with zero attached hydrogens (tertiary/aromatic N) is 2. The molecule has 0 bridgehead atoms. The largest absolute Gasteiger partial charge is 0.340 e. The highest BCUT2D eigenvalue weighted by Gasteiger charge is 2.20. The molecular formula is C36H42F2N2O2. The van der Waals surface area contributed by atoms with Crippen molar-refractivity contribution < 1.29 is 8.78 Å². The highest BCUT2D eigenvalue weighted by molar-refractivity contribution is 6.03. The molecule has 42 heavy (non-hydrogen) atoms. The number of aromatic nitrogens is 2. The first kappa shape index (κ1) is 29.9. The Kier molecular flexibility index (Phi) is 9.10. The predicted molar refractivity (Wildman–Crippen MR) is 172 cm³/mol. The second kappa shape index (κ2) is 12.8. The van der Waals surface area contributed by atoms with Crippen LogP contribution in [0.15, 0.2) is 58.1 Å². The van der Waals surface area contributed by atoms with Crippen molar-refractivity contribution in [2.45, 2.75) is 92.2 Å². The SMILES string of the molecule is CCCCC(CC)Cn1c2cc(F)ccc2c(=O)c2cc3c(cc21)c(=O)c1ccc(F)cc1n3CC(CC)CCCC. The first-order valence-electron chi connectivity index (χ1n) is 15.7. The third-order valence-corrected chi connectivity index (χ3v) is 9.14. The lowest BCUT2D eigenvalue weighted by molar-refractivity contribution is 0.399. The first-order valence-corrected chi connectivity index (χ1v) is 15.7. The van der Waals surface area contributed by atoms with Gasteiger partial charge in [0.1, 0.15) is 11.6 Å². The minimum atomic E-state index is -0.398. The van der Waals surface area contributed by atoms with Crippen LogP contribution in [0.2, 0.25) is 0 Å². The monoisotopic (exact) mass is 572 g/mol. The Morgan fingerprint density at radius 3 is 1.31 bits per heavy atom. The molecule has 2 unspecified atom stereocenters. The number of hydrogen-bond acceptors (Lipinski definition) is 2. The zero-order valence-electron chi connectivity index (χ0n) is 25.3. The Morgan fingerprint density at radius 1 is 0.571 bits per heavy atom. The van der Waals surface area contributed by atoms with Gasteiger partial charge >= 0.3 is 0 Å². The minimum Gasteiger partial charge on any atom is -0.340 e. The van der Waals surface area contributed by atoms with E-state index in [1.54, 1.807) is 12.1 Å². The molecular weight excluding hydrogens is 530 g/mol. The van der Waals surface area contributed by atoms with Crippen LogP contribution in [0, 0.1) is 23.5 Å². The van der Waals surface area contributed by atoms with Gasteiger partial charge in [-0.2, -0.15) is 0 Å². The molecule has 0 N–H and O–H groups in total. The Hall–Kier alpha value is -3.54. The summed E-state index contributed by atoms with van der Waals surface area (Å²) >= 11 is 0. The van der Waals surface area contributed by atoms with Crippen molar-refractivity contribution >= 4 is 43.6 Å². The van der Waals surface area contributed by atoms with E-state index in [0.717, 1.165) is 51.4 Å². The lowest BCUT2D eigenvalue weighted by atomic mass is 9.97. The molecule has 0 aliphatic rings. The molecule has 4 nitrogen and oxygen atoms in total. The average Bonchev–Trinajstić information content (AvgIpc) is 2.99. The highest BCUT2D eigenvalue weighted by Crippen LogP contribution is 2.30. The second-order valence-electron chi connectivity index (χ2n) is 11.9. The molecule has 2 atom stereocenters. The molecule has 5 aromatic rings. The van der Waals surface area contributed by atoms with Gasteiger partial charge in [0.25, 0.3) is 0 Å². The van der Waals surface area contributed by atoms with E-state index in [2.05, 4.69) is 27.7 Å². The predicted octanol–water partition coefficient (Wildman–Crippen LogP) is 9.33. The van der Waals surface area contributed by atoms with Crippen LogP contribution < -0.4 is 10.9 Å². The lowest BCUT2D eigenvalue weighted by Crippen LogP contribution is -2.19. The van der Waals surface area contributed by atoms with Gasteiger partial charge in [0.15, 0.2) is 10.9 Å². The van der Waals surface area contributed by atoms with Crippen molar-refractivity contribution in [3.05, 3.63) is 80.6 Å². The molecule has 0 spiro atoms. The topological polar surface area (TPSA) is 44.0 Å². The van der Waals surface area contributed by atoms with E-state index < -0.39 is 11.6 Å². The van der Waals surface area contributed by atoms with Gasteiger partial charge in [0.05, 0.1) is 22.1 Å².